The van der Waals surface area contributed by atoms with Crippen LogP contribution in [-0.2, 0) is 16.1 Å². The number of amides is 1. The molecule has 4 nitrogen and oxygen atoms in total. The topological polar surface area (TPSA) is 66.4 Å². The second-order valence-corrected chi connectivity index (χ2v) is 5.47. The number of hydrogen-bond acceptors (Lipinski definition) is 3. The van der Waals surface area contributed by atoms with Gasteiger partial charge in [-0.2, -0.15) is 11.3 Å². The van der Waals surface area contributed by atoms with Crippen molar-refractivity contribution in [1.82, 2.24) is 5.32 Å². The van der Waals surface area contributed by atoms with Crippen LogP contribution in [0.15, 0.2) is 10.8 Å². The Morgan fingerprint density at radius 2 is 2.06 bits per heavy atom. The molecule has 0 aliphatic carbocycles. The highest BCUT2D eigenvalue weighted by Gasteiger charge is 2.29. The summed E-state index contributed by atoms with van der Waals surface area (Å²) in [5, 5.41) is 15.7. The van der Waals surface area contributed by atoms with Crippen LogP contribution in [0.5, 0.6) is 0 Å². The molecule has 0 radical (unpaired) electrons. The third-order valence-electron chi connectivity index (χ3n) is 2.62. The van der Waals surface area contributed by atoms with Crippen molar-refractivity contribution in [2.45, 2.75) is 33.7 Å². The van der Waals surface area contributed by atoms with E-state index in [0.29, 0.717) is 6.54 Å². The maximum absolute atomic E-state index is 11.6. The second kappa shape index (κ2) is 5.31. The zero-order chi connectivity index (χ0) is 13.1. The number of nitrogens with one attached hydrogen (secondary N) is 1. The predicted octanol–water partition coefficient (Wildman–Crippen LogP) is 2.17. The van der Waals surface area contributed by atoms with E-state index in [2.05, 4.69) is 5.32 Å². The van der Waals surface area contributed by atoms with Crippen molar-refractivity contribution in [2.24, 2.45) is 5.41 Å². The molecule has 0 aliphatic rings. The lowest BCUT2D eigenvalue weighted by atomic mass is 9.89. The van der Waals surface area contributed by atoms with Gasteiger partial charge in [0.2, 0.25) is 5.91 Å². The summed E-state index contributed by atoms with van der Waals surface area (Å²) in [7, 11) is 0. The van der Waals surface area contributed by atoms with Crippen molar-refractivity contribution < 1.29 is 14.7 Å². The number of carbonyl (C=O) groups excluding carboxylic acids is 1. The molecule has 0 aliphatic heterocycles. The van der Waals surface area contributed by atoms with Gasteiger partial charge in [-0.3, -0.25) is 9.59 Å². The summed E-state index contributed by atoms with van der Waals surface area (Å²) in [4.78, 5) is 22.5. The number of aryl methyl sites for hydroxylation is 1. The normalized spacial score (nSPS) is 11.2. The summed E-state index contributed by atoms with van der Waals surface area (Å²) >= 11 is 1.59. The monoisotopic (exact) mass is 255 g/mol. The van der Waals surface area contributed by atoms with Gasteiger partial charge in [0.1, 0.15) is 0 Å². The first-order chi connectivity index (χ1) is 7.83. The molecule has 0 unspecified atom stereocenters. The lowest BCUT2D eigenvalue weighted by Gasteiger charge is -2.18. The Hall–Kier alpha value is -1.36. The van der Waals surface area contributed by atoms with Crippen molar-refractivity contribution in [1.29, 1.82) is 0 Å². The van der Waals surface area contributed by atoms with E-state index in [4.69, 9.17) is 5.11 Å². The van der Waals surface area contributed by atoms with E-state index in [-0.39, 0.29) is 12.3 Å². The SMILES string of the molecule is Cc1cscc1CNC(=O)CC(C)(C)C(=O)O. The standard InChI is InChI=1S/C12H17NO3S/c1-8-6-17-7-9(8)5-13-10(14)4-12(2,3)11(15)16/h6-7H,4-5H2,1-3H3,(H,13,14)(H,15,16). The molecule has 0 bridgehead atoms. The van der Waals surface area contributed by atoms with Gasteiger partial charge in [0, 0.05) is 13.0 Å². The van der Waals surface area contributed by atoms with Gasteiger partial charge in [0.15, 0.2) is 0 Å². The van der Waals surface area contributed by atoms with Crippen LogP contribution in [0.25, 0.3) is 0 Å². The van der Waals surface area contributed by atoms with Crippen LogP contribution in [0.1, 0.15) is 31.4 Å². The molecule has 17 heavy (non-hydrogen) atoms. The molecule has 0 fully saturated rings. The van der Waals surface area contributed by atoms with Gasteiger partial charge in [0.25, 0.3) is 0 Å². The highest BCUT2D eigenvalue weighted by molar-refractivity contribution is 7.08. The van der Waals surface area contributed by atoms with Gasteiger partial charge in [-0.05, 0) is 42.7 Å². The van der Waals surface area contributed by atoms with Crippen molar-refractivity contribution in [3.8, 4) is 0 Å². The maximum Gasteiger partial charge on any atom is 0.309 e. The smallest absolute Gasteiger partial charge is 0.309 e. The number of thiophene rings is 1. The summed E-state index contributed by atoms with van der Waals surface area (Å²) in [6.07, 6.45) is -0.00841. The highest BCUT2D eigenvalue weighted by atomic mass is 32.1. The van der Waals surface area contributed by atoms with Crippen LogP contribution < -0.4 is 5.32 Å². The molecule has 5 heteroatoms. The molecular weight excluding hydrogens is 238 g/mol. The Morgan fingerprint density at radius 3 is 2.53 bits per heavy atom. The lowest BCUT2D eigenvalue weighted by Crippen LogP contribution is -2.33. The van der Waals surface area contributed by atoms with E-state index in [1.165, 1.54) is 0 Å². The Bertz CT molecular complexity index is 423. The Labute approximate surface area is 105 Å². The second-order valence-electron chi connectivity index (χ2n) is 4.72. The quantitative estimate of drug-likeness (QED) is 0.847. The summed E-state index contributed by atoms with van der Waals surface area (Å²) < 4.78 is 0. The molecule has 1 aromatic rings. The van der Waals surface area contributed by atoms with E-state index in [1.54, 1.807) is 25.2 Å². The van der Waals surface area contributed by atoms with Crippen molar-refractivity contribution in [2.75, 3.05) is 0 Å². The molecule has 0 spiro atoms. The van der Waals surface area contributed by atoms with Crippen molar-refractivity contribution in [3.05, 3.63) is 21.9 Å². The van der Waals surface area contributed by atoms with E-state index in [0.717, 1.165) is 11.1 Å². The molecule has 0 saturated heterocycles. The van der Waals surface area contributed by atoms with Crippen molar-refractivity contribution >= 4 is 23.2 Å². The average Bonchev–Trinajstić information content (AvgIpc) is 2.60. The van der Waals surface area contributed by atoms with Gasteiger partial charge < -0.3 is 10.4 Å². The van der Waals surface area contributed by atoms with Crippen LogP contribution >= 0.6 is 11.3 Å². The molecule has 1 amide bonds. The third-order valence-corrected chi connectivity index (χ3v) is 3.53. The fraction of sp³-hybridized carbons (Fsp3) is 0.500. The first-order valence-corrected chi connectivity index (χ1v) is 6.29. The van der Waals surface area contributed by atoms with E-state index in [9.17, 15) is 9.59 Å². The number of carbonyl (C=O) groups is 2. The Balaban J connectivity index is 2.46. The average molecular weight is 255 g/mol. The summed E-state index contributed by atoms with van der Waals surface area (Å²) in [5.74, 6) is -1.19. The van der Waals surface area contributed by atoms with Crippen LogP contribution in [0, 0.1) is 12.3 Å². The van der Waals surface area contributed by atoms with Crippen LogP contribution in [0.4, 0.5) is 0 Å². The molecule has 1 heterocycles. The molecule has 1 aromatic heterocycles. The highest BCUT2D eigenvalue weighted by Crippen LogP contribution is 2.20. The largest absolute Gasteiger partial charge is 0.481 e. The number of rotatable bonds is 5. The summed E-state index contributed by atoms with van der Waals surface area (Å²) in [6, 6.07) is 0. The maximum atomic E-state index is 11.6. The first-order valence-electron chi connectivity index (χ1n) is 5.34. The predicted molar refractivity (Wildman–Crippen MR) is 66.9 cm³/mol. The van der Waals surface area contributed by atoms with E-state index < -0.39 is 11.4 Å². The van der Waals surface area contributed by atoms with Crippen LogP contribution in [0.2, 0.25) is 0 Å². The van der Waals surface area contributed by atoms with Gasteiger partial charge >= 0.3 is 5.97 Å². The fourth-order valence-corrected chi connectivity index (χ4v) is 2.16. The van der Waals surface area contributed by atoms with Gasteiger partial charge in [-0.25, -0.2) is 0 Å². The number of carboxylic acid groups (broad SMARTS) is 1. The van der Waals surface area contributed by atoms with E-state index >= 15 is 0 Å². The Kier molecular flexibility index (Phi) is 4.28. The van der Waals surface area contributed by atoms with Crippen LogP contribution in [-0.4, -0.2) is 17.0 Å². The molecular formula is C12H17NO3S. The zero-order valence-corrected chi connectivity index (χ0v) is 11.1. The summed E-state index contributed by atoms with van der Waals surface area (Å²) in [6.45, 7) is 5.54. The minimum atomic E-state index is -1.02. The molecule has 94 valence electrons. The van der Waals surface area contributed by atoms with Gasteiger partial charge in [-0.1, -0.05) is 0 Å². The zero-order valence-electron chi connectivity index (χ0n) is 10.2. The van der Waals surface area contributed by atoms with E-state index in [1.807, 2.05) is 17.7 Å². The molecule has 2 N–H and O–H groups in total. The molecule has 0 atom stereocenters. The third kappa shape index (κ3) is 3.85. The fourth-order valence-electron chi connectivity index (χ4n) is 1.30. The summed E-state index contributed by atoms with van der Waals surface area (Å²) in [5.41, 5.74) is 1.21. The minimum Gasteiger partial charge on any atom is -0.481 e. The molecule has 0 saturated carbocycles. The number of hydrogen-bond donors (Lipinski definition) is 2. The van der Waals surface area contributed by atoms with Crippen molar-refractivity contribution in [3.63, 3.8) is 0 Å². The van der Waals surface area contributed by atoms with Gasteiger partial charge in [0.05, 0.1) is 5.41 Å². The van der Waals surface area contributed by atoms with Crippen LogP contribution in [0.3, 0.4) is 0 Å². The lowest BCUT2D eigenvalue weighted by molar-refractivity contribution is -0.149. The Morgan fingerprint density at radius 1 is 1.41 bits per heavy atom. The number of aliphatic carboxylic acids is 1. The number of carboxylic acids is 1. The minimum absolute atomic E-state index is 0.00841. The molecule has 1 rings (SSSR count). The van der Waals surface area contributed by atoms with Gasteiger partial charge in [-0.15, -0.1) is 0 Å². The molecule has 0 aromatic carbocycles. The first kappa shape index (κ1) is 13.7.